The lowest BCUT2D eigenvalue weighted by Gasteiger charge is -2.01. The van der Waals surface area contributed by atoms with Crippen molar-refractivity contribution in [3.63, 3.8) is 0 Å². The maximum Gasteiger partial charge on any atom is 0.0480 e. The molecule has 0 aliphatic rings. The molecular weight excluding hydrogens is 156 g/mol. The Balaban J connectivity index is 3.20. The fourth-order valence-electron chi connectivity index (χ4n) is 1.02. The van der Waals surface area contributed by atoms with Gasteiger partial charge in [0.05, 0.1) is 0 Å². The predicted octanol–water partition coefficient (Wildman–Crippen LogP) is 3.68. The summed E-state index contributed by atoms with van der Waals surface area (Å²) >= 11 is 5.96. The van der Waals surface area contributed by atoms with Crippen LogP contribution in [0.2, 0.25) is 5.02 Å². The quantitative estimate of drug-likeness (QED) is 0.597. The highest BCUT2D eigenvalue weighted by Gasteiger charge is 1.97. The smallest absolute Gasteiger partial charge is 0.0480 e. The minimum absolute atomic E-state index is 0.822. The van der Waals surface area contributed by atoms with Crippen molar-refractivity contribution in [1.82, 2.24) is 0 Å². The second kappa shape index (κ2) is 3.59. The van der Waals surface area contributed by atoms with Crippen LogP contribution < -0.4 is 0 Å². The van der Waals surface area contributed by atoms with Gasteiger partial charge in [-0.15, -0.1) is 0 Å². The van der Waals surface area contributed by atoms with Crippen molar-refractivity contribution in [1.29, 1.82) is 0 Å². The summed E-state index contributed by atoms with van der Waals surface area (Å²) in [6.07, 6.45) is 4.02. The van der Waals surface area contributed by atoms with Crippen LogP contribution in [0, 0.1) is 6.92 Å². The van der Waals surface area contributed by atoms with Crippen LogP contribution in [0.25, 0.3) is 6.08 Å². The number of aryl methyl sites for hydroxylation is 1. The Bertz CT molecular complexity index is 254. The highest BCUT2D eigenvalue weighted by molar-refractivity contribution is 6.32. The Labute approximate surface area is 72.5 Å². The molecule has 1 rings (SSSR count). The molecule has 1 heteroatoms. The van der Waals surface area contributed by atoms with E-state index < -0.39 is 0 Å². The maximum atomic E-state index is 5.96. The highest BCUT2D eigenvalue weighted by Crippen LogP contribution is 2.20. The molecule has 0 aliphatic carbocycles. The Hall–Kier alpha value is -0.750. The van der Waals surface area contributed by atoms with E-state index in [-0.39, 0.29) is 0 Å². The fourth-order valence-corrected chi connectivity index (χ4v) is 1.31. The predicted molar refractivity (Wildman–Crippen MR) is 50.9 cm³/mol. The summed E-state index contributed by atoms with van der Waals surface area (Å²) in [6, 6.07) is 5.93. The minimum atomic E-state index is 0.822. The van der Waals surface area contributed by atoms with Gasteiger partial charge in [0.25, 0.3) is 0 Å². The Morgan fingerprint density at radius 1 is 1.36 bits per heavy atom. The van der Waals surface area contributed by atoms with E-state index in [0.717, 1.165) is 10.6 Å². The zero-order valence-electron chi connectivity index (χ0n) is 6.76. The molecule has 0 fully saturated rings. The molecule has 1 aromatic carbocycles. The largest absolute Gasteiger partial charge is 0.0870 e. The van der Waals surface area contributed by atoms with Crippen LogP contribution in [0.15, 0.2) is 24.3 Å². The summed E-state index contributed by atoms with van der Waals surface area (Å²) < 4.78 is 0. The third kappa shape index (κ3) is 1.84. The van der Waals surface area contributed by atoms with Crippen molar-refractivity contribution >= 4 is 17.7 Å². The van der Waals surface area contributed by atoms with Gasteiger partial charge < -0.3 is 0 Å². The molecule has 58 valence electrons. The summed E-state index contributed by atoms with van der Waals surface area (Å²) in [5.41, 5.74) is 2.34. The molecule has 0 unspecified atom stereocenters. The summed E-state index contributed by atoms with van der Waals surface area (Å²) in [4.78, 5) is 0. The molecule has 11 heavy (non-hydrogen) atoms. The molecule has 0 aromatic heterocycles. The Morgan fingerprint density at radius 2 is 2.09 bits per heavy atom. The third-order valence-corrected chi connectivity index (χ3v) is 1.93. The van der Waals surface area contributed by atoms with Crippen molar-refractivity contribution in [2.45, 2.75) is 13.8 Å². The standard InChI is InChI=1S/C10H11Cl/c1-3-5-9-8(2)6-4-7-10(9)11/h3-7H,1-2H3/b5-3-. The van der Waals surface area contributed by atoms with Crippen molar-refractivity contribution in [2.75, 3.05) is 0 Å². The number of rotatable bonds is 1. The lowest BCUT2D eigenvalue weighted by molar-refractivity contribution is 1.44. The normalized spacial score (nSPS) is 10.8. The molecule has 0 heterocycles. The molecule has 0 bridgehead atoms. The van der Waals surface area contributed by atoms with Crippen LogP contribution in [0.4, 0.5) is 0 Å². The summed E-state index contributed by atoms with van der Waals surface area (Å²) in [5, 5.41) is 0.822. The lowest BCUT2D eigenvalue weighted by Crippen LogP contribution is -1.80. The molecule has 0 radical (unpaired) electrons. The lowest BCUT2D eigenvalue weighted by atomic mass is 10.1. The maximum absolute atomic E-state index is 5.96. The van der Waals surface area contributed by atoms with Crippen LogP contribution in [0.3, 0.4) is 0 Å². The molecule has 0 nitrogen and oxygen atoms in total. The van der Waals surface area contributed by atoms with E-state index in [0.29, 0.717) is 0 Å². The Kier molecular flexibility index (Phi) is 2.72. The zero-order chi connectivity index (χ0) is 8.27. The van der Waals surface area contributed by atoms with E-state index in [1.54, 1.807) is 0 Å². The van der Waals surface area contributed by atoms with Gasteiger partial charge in [-0.1, -0.05) is 35.9 Å². The van der Waals surface area contributed by atoms with Crippen molar-refractivity contribution in [3.8, 4) is 0 Å². The average Bonchev–Trinajstić information content (AvgIpc) is 1.97. The Morgan fingerprint density at radius 3 is 2.64 bits per heavy atom. The van der Waals surface area contributed by atoms with Crippen molar-refractivity contribution in [3.05, 3.63) is 40.4 Å². The highest BCUT2D eigenvalue weighted by atomic mass is 35.5. The van der Waals surface area contributed by atoms with Gasteiger partial charge in [-0.3, -0.25) is 0 Å². The molecule has 0 N–H and O–H groups in total. The van der Waals surface area contributed by atoms with E-state index in [4.69, 9.17) is 11.6 Å². The number of hydrogen-bond donors (Lipinski definition) is 0. The first-order valence-electron chi connectivity index (χ1n) is 3.63. The van der Waals surface area contributed by atoms with E-state index in [1.165, 1.54) is 5.56 Å². The van der Waals surface area contributed by atoms with Crippen LogP contribution in [0.1, 0.15) is 18.1 Å². The summed E-state index contributed by atoms with van der Waals surface area (Å²) in [5.74, 6) is 0. The van der Waals surface area contributed by atoms with Crippen molar-refractivity contribution in [2.24, 2.45) is 0 Å². The number of hydrogen-bond acceptors (Lipinski definition) is 0. The topological polar surface area (TPSA) is 0 Å². The second-order valence-corrected chi connectivity index (χ2v) is 2.88. The first kappa shape index (κ1) is 8.35. The van der Waals surface area contributed by atoms with Gasteiger partial charge in [0.15, 0.2) is 0 Å². The molecule has 0 atom stereocenters. The van der Waals surface area contributed by atoms with Gasteiger partial charge in [-0.2, -0.15) is 0 Å². The number of halogens is 1. The van der Waals surface area contributed by atoms with Crippen LogP contribution in [0.5, 0.6) is 0 Å². The van der Waals surface area contributed by atoms with E-state index in [1.807, 2.05) is 31.2 Å². The molecule has 0 saturated carbocycles. The molecule has 0 saturated heterocycles. The first-order valence-corrected chi connectivity index (χ1v) is 4.01. The second-order valence-electron chi connectivity index (χ2n) is 2.47. The SMILES string of the molecule is C/C=C\c1c(C)cccc1Cl. The molecule has 1 aromatic rings. The number of benzene rings is 1. The monoisotopic (exact) mass is 166 g/mol. The molecule has 0 spiro atoms. The van der Waals surface area contributed by atoms with Crippen molar-refractivity contribution < 1.29 is 0 Å². The first-order chi connectivity index (χ1) is 5.25. The van der Waals surface area contributed by atoms with E-state index in [2.05, 4.69) is 13.0 Å². The summed E-state index contributed by atoms with van der Waals surface area (Å²) in [6.45, 7) is 4.05. The molecule has 0 aliphatic heterocycles. The minimum Gasteiger partial charge on any atom is -0.0870 e. The molecule has 0 amide bonds. The average molecular weight is 167 g/mol. The van der Waals surface area contributed by atoms with Gasteiger partial charge in [0, 0.05) is 5.02 Å². The number of allylic oxidation sites excluding steroid dienone is 1. The van der Waals surface area contributed by atoms with Gasteiger partial charge >= 0.3 is 0 Å². The third-order valence-electron chi connectivity index (χ3n) is 1.60. The fraction of sp³-hybridized carbons (Fsp3) is 0.200. The van der Waals surface area contributed by atoms with Crippen LogP contribution >= 0.6 is 11.6 Å². The van der Waals surface area contributed by atoms with Crippen LogP contribution in [-0.4, -0.2) is 0 Å². The van der Waals surface area contributed by atoms with Gasteiger partial charge in [-0.05, 0) is 31.0 Å². The molecular formula is C10H11Cl. The summed E-state index contributed by atoms with van der Waals surface area (Å²) in [7, 11) is 0. The van der Waals surface area contributed by atoms with Gasteiger partial charge in [-0.25, -0.2) is 0 Å². The van der Waals surface area contributed by atoms with Gasteiger partial charge in [0.2, 0.25) is 0 Å². The zero-order valence-corrected chi connectivity index (χ0v) is 7.52. The van der Waals surface area contributed by atoms with Gasteiger partial charge in [0.1, 0.15) is 0 Å². The van der Waals surface area contributed by atoms with E-state index >= 15 is 0 Å². The van der Waals surface area contributed by atoms with E-state index in [9.17, 15) is 0 Å². The van der Waals surface area contributed by atoms with Crippen LogP contribution in [-0.2, 0) is 0 Å².